The van der Waals surface area contributed by atoms with E-state index in [1.165, 1.54) is 56.9 Å². The van der Waals surface area contributed by atoms with Crippen LogP contribution in [0.1, 0.15) is 69.8 Å². The lowest BCUT2D eigenvalue weighted by molar-refractivity contribution is 0.00464. The SMILES string of the molecule is COCC[S+]([O-])Nc1noc2cc(OCC34CCCC(CC(C)C3)C4)c(C3CC3)cc12. The first-order chi connectivity index (χ1) is 15.0. The monoisotopic (exact) mass is 446 g/mol. The summed E-state index contributed by atoms with van der Waals surface area (Å²) in [5.74, 6) is 4.12. The summed E-state index contributed by atoms with van der Waals surface area (Å²) in [5.41, 5.74) is 2.26. The first-order valence-corrected chi connectivity index (χ1v) is 13.1. The molecule has 1 heterocycles. The maximum atomic E-state index is 12.2. The van der Waals surface area contributed by atoms with Crippen molar-refractivity contribution in [2.45, 2.75) is 64.2 Å². The molecule has 0 amide bonds. The summed E-state index contributed by atoms with van der Waals surface area (Å²) < 4.78 is 32.4. The number of methoxy groups -OCH3 is 1. The Hall–Kier alpha value is -1.44. The highest BCUT2D eigenvalue weighted by molar-refractivity contribution is 7.92. The molecule has 0 saturated heterocycles. The van der Waals surface area contributed by atoms with Crippen LogP contribution in [-0.4, -0.2) is 35.8 Å². The molecule has 4 atom stereocenters. The van der Waals surface area contributed by atoms with Crippen molar-refractivity contribution in [3.8, 4) is 5.75 Å². The molecule has 3 aliphatic rings. The fourth-order valence-electron chi connectivity index (χ4n) is 5.99. The van der Waals surface area contributed by atoms with Crippen LogP contribution in [-0.2, 0) is 16.1 Å². The summed E-state index contributed by atoms with van der Waals surface area (Å²) >= 11 is -1.26. The number of hydrogen-bond donors (Lipinski definition) is 1. The van der Waals surface area contributed by atoms with Crippen LogP contribution in [0.15, 0.2) is 16.7 Å². The van der Waals surface area contributed by atoms with Gasteiger partial charge in [0.15, 0.2) is 11.3 Å². The first kappa shape index (κ1) is 21.4. The highest BCUT2D eigenvalue weighted by atomic mass is 32.2. The van der Waals surface area contributed by atoms with Gasteiger partial charge in [-0.15, -0.1) is 0 Å². The van der Waals surface area contributed by atoms with E-state index < -0.39 is 11.4 Å². The van der Waals surface area contributed by atoms with E-state index >= 15 is 0 Å². The number of anilines is 1. The van der Waals surface area contributed by atoms with Crippen molar-refractivity contribution in [1.82, 2.24) is 5.16 Å². The molecular formula is C24H34N2O4S. The van der Waals surface area contributed by atoms with Gasteiger partial charge >= 0.3 is 0 Å². The van der Waals surface area contributed by atoms with Crippen LogP contribution in [0.2, 0.25) is 0 Å². The minimum absolute atomic E-state index is 0.336. The van der Waals surface area contributed by atoms with E-state index in [9.17, 15) is 4.55 Å². The van der Waals surface area contributed by atoms with Crippen LogP contribution in [0.25, 0.3) is 11.0 Å². The Morgan fingerprint density at radius 2 is 2.16 bits per heavy atom. The lowest BCUT2D eigenvalue weighted by atomic mass is 9.59. The molecule has 0 radical (unpaired) electrons. The Bertz CT molecular complexity index is 910. The zero-order chi connectivity index (χ0) is 21.4. The molecule has 7 heteroatoms. The lowest BCUT2D eigenvalue weighted by Gasteiger charge is -2.47. The molecule has 6 nitrogen and oxygen atoms in total. The molecule has 1 aromatic heterocycles. The van der Waals surface area contributed by atoms with Crippen molar-refractivity contribution in [1.29, 1.82) is 0 Å². The van der Waals surface area contributed by atoms with Crippen molar-refractivity contribution in [2.24, 2.45) is 17.3 Å². The molecule has 31 heavy (non-hydrogen) atoms. The third-order valence-corrected chi connectivity index (χ3v) is 8.35. The molecule has 5 rings (SSSR count). The number of hydrogen-bond acceptors (Lipinski definition) is 6. The van der Waals surface area contributed by atoms with E-state index in [0.29, 0.717) is 35.1 Å². The second-order valence-electron chi connectivity index (χ2n) is 10.1. The van der Waals surface area contributed by atoms with Crippen molar-refractivity contribution in [3.05, 3.63) is 17.7 Å². The van der Waals surface area contributed by atoms with Crippen LogP contribution >= 0.6 is 0 Å². The topological polar surface area (TPSA) is 79.6 Å². The van der Waals surface area contributed by atoms with Gasteiger partial charge in [-0.05, 0) is 67.9 Å². The van der Waals surface area contributed by atoms with Gasteiger partial charge in [0.25, 0.3) is 0 Å². The standard InChI is InChI=1S/C24H34N2O4S/c1-16-10-17-4-3-7-24(13-16,14-17)15-29-21-12-22-20(11-19(21)18-5-6-18)23(25-30-22)26-31(27)9-8-28-2/h11-12,16-18H,3-10,13-15H2,1-2H3,(H,25,26). The summed E-state index contributed by atoms with van der Waals surface area (Å²) in [7, 11) is 1.60. The van der Waals surface area contributed by atoms with Gasteiger partial charge < -0.3 is 18.5 Å². The largest absolute Gasteiger partial charge is 0.593 e. The average Bonchev–Trinajstić information content (AvgIpc) is 3.52. The van der Waals surface area contributed by atoms with Gasteiger partial charge in [-0.25, -0.2) is 0 Å². The molecule has 170 valence electrons. The van der Waals surface area contributed by atoms with Gasteiger partial charge in [0.05, 0.1) is 30.0 Å². The maximum absolute atomic E-state index is 12.2. The van der Waals surface area contributed by atoms with Gasteiger partial charge in [-0.1, -0.05) is 24.9 Å². The van der Waals surface area contributed by atoms with Crippen molar-refractivity contribution in [3.63, 3.8) is 0 Å². The Morgan fingerprint density at radius 3 is 2.97 bits per heavy atom. The number of benzene rings is 1. The molecule has 4 unspecified atom stereocenters. The van der Waals surface area contributed by atoms with Gasteiger partial charge in [-0.3, -0.25) is 0 Å². The molecule has 2 bridgehead atoms. The summed E-state index contributed by atoms with van der Waals surface area (Å²) in [4.78, 5) is 0. The zero-order valence-electron chi connectivity index (χ0n) is 18.7. The van der Waals surface area contributed by atoms with E-state index in [1.807, 2.05) is 6.07 Å². The van der Waals surface area contributed by atoms with Gasteiger partial charge in [0, 0.05) is 18.6 Å². The van der Waals surface area contributed by atoms with Crippen LogP contribution in [0.3, 0.4) is 0 Å². The van der Waals surface area contributed by atoms with Gasteiger partial charge in [-0.2, -0.15) is 4.72 Å². The summed E-state index contributed by atoms with van der Waals surface area (Å²) in [6.07, 6.45) is 10.4. The number of aromatic nitrogens is 1. The van der Waals surface area contributed by atoms with Crippen LogP contribution in [0.5, 0.6) is 5.75 Å². The Kier molecular flexibility index (Phi) is 6.10. The smallest absolute Gasteiger partial charge is 0.220 e. The zero-order valence-corrected chi connectivity index (χ0v) is 19.5. The molecule has 0 spiro atoms. The summed E-state index contributed by atoms with van der Waals surface area (Å²) in [6.45, 7) is 3.65. The Labute approximate surface area is 187 Å². The van der Waals surface area contributed by atoms with Crippen LogP contribution in [0, 0.1) is 17.3 Å². The molecular weight excluding hydrogens is 412 g/mol. The molecule has 3 aliphatic carbocycles. The summed E-state index contributed by atoms with van der Waals surface area (Å²) in [6, 6.07) is 4.14. The molecule has 3 fully saturated rings. The van der Waals surface area contributed by atoms with E-state index in [1.54, 1.807) is 7.11 Å². The van der Waals surface area contributed by atoms with Crippen molar-refractivity contribution < 1.29 is 18.5 Å². The molecule has 3 saturated carbocycles. The quantitative estimate of drug-likeness (QED) is 0.519. The van der Waals surface area contributed by atoms with Crippen molar-refractivity contribution in [2.75, 3.05) is 30.8 Å². The molecule has 2 aromatic rings. The normalized spacial score (nSPS) is 29.1. The van der Waals surface area contributed by atoms with E-state index in [-0.39, 0.29) is 0 Å². The third-order valence-electron chi connectivity index (χ3n) is 7.40. The predicted octanol–water partition coefficient (Wildman–Crippen LogP) is 5.41. The predicted molar refractivity (Wildman–Crippen MR) is 123 cm³/mol. The summed E-state index contributed by atoms with van der Waals surface area (Å²) in [5, 5.41) is 5.02. The maximum Gasteiger partial charge on any atom is 0.220 e. The fraction of sp³-hybridized carbons (Fsp3) is 0.708. The first-order valence-electron chi connectivity index (χ1n) is 11.8. The van der Waals surface area contributed by atoms with Gasteiger partial charge in [0.2, 0.25) is 5.82 Å². The van der Waals surface area contributed by atoms with E-state index in [2.05, 4.69) is 22.9 Å². The van der Waals surface area contributed by atoms with Crippen LogP contribution in [0.4, 0.5) is 5.82 Å². The number of nitrogens with zero attached hydrogens (tertiary/aromatic N) is 1. The average molecular weight is 447 g/mol. The Morgan fingerprint density at radius 1 is 1.29 bits per heavy atom. The molecule has 1 aromatic carbocycles. The Balaban J connectivity index is 1.36. The minimum Gasteiger partial charge on any atom is -0.593 e. The highest BCUT2D eigenvalue weighted by Crippen LogP contribution is 2.52. The fourth-order valence-corrected chi connectivity index (χ4v) is 6.78. The second-order valence-corrected chi connectivity index (χ2v) is 11.4. The number of nitrogens with one attached hydrogen (secondary N) is 1. The third kappa shape index (κ3) is 4.69. The van der Waals surface area contributed by atoms with E-state index in [4.69, 9.17) is 14.0 Å². The second kappa shape index (κ2) is 8.83. The van der Waals surface area contributed by atoms with Gasteiger partial charge in [0.1, 0.15) is 5.75 Å². The van der Waals surface area contributed by atoms with E-state index in [0.717, 1.165) is 29.6 Å². The molecule has 0 aliphatic heterocycles. The minimum atomic E-state index is -1.26. The number of rotatable bonds is 9. The lowest BCUT2D eigenvalue weighted by Crippen LogP contribution is -2.40. The molecule has 1 N–H and O–H groups in total. The van der Waals surface area contributed by atoms with Crippen LogP contribution < -0.4 is 9.46 Å². The number of ether oxygens (including phenoxy) is 2. The highest BCUT2D eigenvalue weighted by Gasteiger charge is 2.42. The number of fused-ring (bicyclic) bond motifs is 3. The van der Waals surface area contributed by atoms with Crippen molar-refractivity contribution >= 4 is 28.1 Å².